The molecule has 0 saturated carbocycles. The first-order chi connectivity index (χ1) is 15.1. The number of likely N-dealkylation sites (N-methyl/N-ethyl adjacent to an activating group) is 1. The van der Waals surface area contributed by atoms with E-state index in [4.69, 9.17) is 17.3 Å². The Morgan fingerprint density at radius 1 is 1.12 bits per heavy atom. The Morgan fingerprint density at radius 2 is 1.81 bits per heavy atom. The molecule has 0 atom stereocenters. The molecule has 0 fully saturated rings. The molecule has 2 aromatic carbocycles. The van der Waals surface area contributed by atoms with Crippen molar-refractivity contribution >= 4 is 27.5 Å². The Hall–Kier alpha value is -3.04. The highest BCUT2D eigenvalue weighted by Gasteiger charge is 2.25. The number of benzene rings is 2. The molecule has 2 amide bonds. The zero-order valence-corrected chi connectivity index (χ0v) is 18.6. The van der Waals surface area contributed by atoms with E-state index in [1.54, 1.807) is 19.2 Å². The summed E-state index contributed by atoms with van der Waals surface area (Å²) in [6, 6.07) is 9.62. The standard InChI is InChI=1S/C22H20ClF2N3O3S/c1-28(22(26)29)10-8-14-3-2-9-27-19(14)12-15-11-17(24)13-20(21(15)25)32(30,31)18-6-4-16(23)5-7-18/h2-7,9,11,13H,8,10,12H2,1H3,(H2,26,29). The first-order valence-electron chi connectivity index (χ1n) is 9.51. The van der Waals surface area contributed by atoms with Crippen LogP contribution in [-0.2, 0) is 22.7 Å². The van der Waals surface area contributed by atoms with Crippen LogP contribution in [-0.4, -0.2) is 37.9 Å². The second-order valence-electron chi connectivity index (χ2n) is 7.13. The molecule has 0 unspecified atom stereocenters. The number of nitrogens with zero attached hydrogens (tertiary/aromatic N) is 2. The van der Waals surface area contributed by atoms with Crippen molar-refractivity contribution in [3.8, 4) is 0 Å². The molecule has 0 aliphatic heterocycles. The lowest BCUT2D eigenvalue weighted by molar-refractivity contribution is 0.219. The second kappa shape index (κ2) is 9.62. The number of primary amides is 1. The number of pyridine rings is 1. The molecular formula is C22H20ClF2N3O3S. The van der Waals surface area contributed by atoms with Gasteiger partial charge >= 0.3 is 6.03 Å². The molecular weight excluding hydrogens is 460 g/mol. The lowest BCUT2D eigenvalue weighted by Gasteiger charge is -2.16. The maximum absolute atomic E-state index is 15.3. The number of carbonyl (C=O) groups excluding carboxylic acids is 1. The maximum Gasteiger partial charge on any atom is 0.314 e. The predicted octanol–water partition coefficient (Wildman–Crippen LogP) is 3.99. The van der Waals surface area contributed by atoms with Crippen molar-refractivity contribution < 1.29 is 22.0 Å². The number of carbonyl (C=O) groups is 1. The number of sulfone groups is 1. The average molecular weight is 480 g/mol. The van der Waals surface area contributed by atoms with Gasteiger partial charge < -0.3 is 10.6 Å². The van der Waals surface area contributed by atoms with E-state index in [0.717, 1.165) is 6.07 Å². The minimum atomic E-state index is -4.32. The lowest BCUT2D eigenvalue weighted by Crippen LogP contribution is -2.33. The van der Waals surface area contributed by atoms with Gasteiger partial charge in [0.05, 0.1) is 4.90 Å². The van der Waals surface area contributed by atoms with Crippen molar-refractivity contribution in [1.29, 1.82) is 0 Å². The molecule has 2 N–H and O–H groups in total. The van der Waals surface area contributed by atoms with Crippen molar-refractivity contribution in [2.75, 3.05) is 13.6 Å². The molecule has 1 aromatic heterocycles. The van der Waals surface area contributed by atoms with Gasteiger partial charge in [-0.05, 0) is 60.0 Å². The Kier molecular flexibility index (Phi) is 7.10. The number of hydrogen-bond acceptors (Lipinski definition) is 4. The summed E-state index contributed by atoms with van der Waals surface area (Å²) in [4.78, 5) is 15.8. The van der Waals surface area contributed by atoms with Crippen LogP contribution in [0.1, 0.15) is 16.8 Å². The molecule has 1 heterocycles. The van der Waals surface area contributed by atoms with Crippen LogP contribution >= 0.6 is 11.6 Å². The van der Waals surface area contributed by atoms with Gasteiger partial charge in [0.2, 0.25) is 9.84 Å². The molecule has 0 bridgehead atoms. The van der Waals surface area contributed by atoms with Gasteiger partial charge in [0.25, 0.3) is 0 Å². The number of hydrogen-bond donors (Lipinski definition) is 1. The molecule has 6 nitrogen and oxygen atoms in total. The van der Waals surface area contributed by atoms with Crippen LogP contribution in [0.2, 0.25) is 5.02 Å². The summed E-state index contributed by atoms with van der Waals surface area (Å²) >= 11 is 5.79. The van der Waals surface area contributed by atoms with E-state index in [9.17, 15) is 17.6 Å². The van der Waals surface area contributed by atoms with Crippen LogP contribution in [0.25, 0.3) is 0 Å². The third kappa shape index (κ3) is 5.23. The number of aromatic nitrogens is 1. The van der Waals surface area contributed by atoms with Crippen molar-refractivity contribution in [1.82, 2.24) is 9.88 Å². The largest absolute Gasteiger partial charge is 0.351 e. The summed E-state index contributed by atoms with van der Waals surface area (Å²) < 4.78 is 55.4. The fourth-order valence-electron chi connectivity index (χ4n) is 3.12. The van der Waals surface area contributed by atoms with Crippen molar-refractivity contribution in [3.05, 3.63) is 88.2 Å². The highest BCUT2D eigenvalue weighted by Crippen LogP contribution is 2.28. The Balaban J connectivity index is 1.97. The summed E-state index contributed by atoms with van der Waals surface area (Å²) in [6.45, 7) is 0.301. The second-order valence-corrected chi connectivity index (χ2v) is 9.48. The lowest BCUT2D eigenvalue weighted by atomic mass is 10.0. The zero-order chi connectivity index (χ0) is 23.5. The fourth-order valence-corrected chi connectivity index (χ4v) is 4.63. The third-order valence-corrected chi connectivity index (χ3v) is 6.95. The first kappa shape index (κ1) is 23.6. The molecule has 0 spiro atoms. The highest BCUT2D eigenvalue weighted by molar-refractivity contribution is 7.91. The zero-order valence-electron chi connectivity index (χ0n) is 17.1. The monoisotopic (exact) mass is 479 g/mol. The first-order valence-corrected chi connectivity index (χ1v) is 11.4. The van der Waals surface area contributed by atoms with Gasteiger partial charge in [0.1, 0.15) is 16.5 Å². The van der Waals surface area contributed by atoms with E-state index in [-0.39, 0.29) is 16.9 Å². The summed E-state index contributed by atoms with van der Waals surface area (Å²) in [6.07, 6.45) is 1.75. The van der Waals surface area contributed by atoms with Crippen LogP contribution in [0, 0.1) is 11.6 Å². The summed E-state index contributed by atoms with van der Waals surface area (Å²) in [7, 11) is -2.78. The van der Waals surface area contributed by atoms with Crippen molar-refractivity contribution in [3.63, 3.8) is 0 Å². The van der Waals surface area contributed by atoms with Gasteiger partial charge in [-0.3, -0.25) is 4.98 Å². The van der Waals surface area contributed by atoms with Crippen LogP contribution in [0.3, 0.4) is 0 Å². The quantitative estimate of drug-likeness (QED) is 0.554. The van der Waals surface area contributed by atoms with Gasteiger partial charge in [-0.25, -0.2) is 22.0 Å². The topological polar surface area (TPSA) is 93.4 Å². The molecule has 10 heteroatoms. The van der Waals surface area contributed by atoms with Gasteiger partial charge in [-0.1, -0.05) is 17.7 Å². The van der Waals surface area contributed by atoms with Crippen LogP contribution in [0.5, 0.6) is 0 Å². The molecule has 32 heavy (non-hydrogen) atoms. The smallest absolute Gasteiger partial charge is 0.314 e. The molecule has 168 valence electrons. The van der Waals surface area contributed by atoms with Gasteiger partial charge in [-0.2, -0.15) is 0 Å². The number of amides is 2. The number of urea groups is 1. The van der Waals surface area contributed by atoms with E-state index in [1.807, 2.05) is 0 Å². The highest BCUT2D eigenvalue weighted by atomic mass is 35.5. The van der Waals surface area contributed by atoms with E-state index in [2.05, 4.69) is 4.98 Å². The number of rotatable bonds is 7. The molecule has 3 rings (SSSR count). The molecule has 0 aliphatic rings. The average Bonchev–Trinajstić information content (AvgIpc) is 2.75. The van der Waals surface area contributed by atoms with Crippen molar-refractivity contribution in [2.45, 2.75) is 22.6 Å². The van der Waals surface area contributed by atoms with Crippen LogP contribution in [0.15, 0.2) is 64.5 Å². The third-order valence-electron chi connectivity index (χ3n) is 4.93. The van der Waals surface area contributed by atoms with E-state index < -0.39 is 32.4 Å². The molecule has 0 saturated heterocycles. The normalized spacial score (nSPS) is 11.4. The van der Waals surface area contributed by atoms with Gasteiger partial charge in [0, 0.05) is 36.9 Å². The molecule has 3 aromatic rings. The van der Waals surface area contributed by atoms with Gasteiger partial charge in [-0.15, -0.1) is 0 Å². The Labute approximate surface area is 189 Å². The Bertz CT molecular complexity index is 1250. The van der Waals surface area contributed by atoms with E-state index in [1.165, 1.54) is 35.4 Å². The molecule has 0 aliphatic carbocycles. The van der Waals surface area contributed by atoms with Crippen LogP contribution < -0.4 is 5.73 Å². The maximum atomic E-state index is 15.3. The SMILES string of the molecule is CN(CCc1cccnc1Cc1cc(F)cc(S(=O)(=O)c2ccc(Cl)cc2)c1F)C(N)=O. The van der Waals surface area contributed by atoms with E-state index >= 15 is 4.39 Å². The summed E-state index contributed by atoms with van der Waals surface area (Å²) in [5.41, 5.74) is 6.21. The Morgan fingerprint density at radius 3 is 2.47 bits per heavy atom. The number of nitrogens with two attached hydrogens (primary N) is 1. The fraction of sp³-hybridized carbons (Fsp3) is 0.182. The predicted molar refractivity (Wildman–Crippen MR) is 116 cm³/mol. The number of halogens is 3. The minimum absolute atomic E-state index is 0.136. The van der Waals surface area contributed by atoms with E-state index in [0.29, 0.717) is 35.3 Å². The van der Waals surface area contributed by atoms with Crippen LogP contribution in [0.4, 0.5) is 13.6 Å². The molecule has 0 radical (unpaired) electrons. The van der Waals surface area contributed by atoms with Crippen molar-refractivity contribution in [2.24, 2.45) is 5.73 Å². The summed E-state index contributed by atoms with van der Waals surface area (Å²) in [5.74, 6) is -1.94. The minimum Gasteiger partial charge on any atom is -0.351 e. The van der Waals surface area contributed by atoms with Gasteiger partial charge in [0.15, 0.2) is 0 Å². The summed E-state index contributed by atoms with van der Waals surface area (Å²) in [5, 5.41) is 0.314.